The Kier molecular flexibility index (Phi) is 7.39. The first-order chi connectivity index (χ1) is 13.1. The molecule has 0 bridgehead atoms. The summed E-state index contributed by atoms with van der Waals surface area (Å²) in [5, 5.41) is 21.6. The number of aliphatic hydroxyl groups excluding tert-OH is 2. The van der Waals surface area contributed by atoms with E-state index in [0.29, 0.717) is 5.92 Å². The third-order valence-electron chi connectivity index (χ3n) is 7.50. The molecule has 2 heteroatoms. The zero-order valence-corrected chi connectivity index (χ0v) is 17.5. The van der Waals surface area contributed by atoms with Crippen LogP contribution in [0.5, 0.6) is 0 Å². The van der Waals surface area contributed by atoms with Crippen molar-refractivity contribution in [2.45, 2.75) is 109 Å². The van der Waals surface area contributed by atoms with Gasteiger partial charge in [-0.3, -0.25) is 0 Å². The van der Waals surface area contributed by atoms with Gasteiger partial charge >= 0.3 is 0 Å². The second kappa shape index (κ2) is 9.56. The Bertz CT molecular complexity index is 560. The zero-order valence-electron chi connectivity index (χ0n) is 17.5. The molecule has 27 heavy (non-hydrogen) atoms. The lowest BCUT2D eigenvalue weighted by Crippen LogP contribution is -2.36. The summed E-state index contributed by atoms with van der Waals surface area (Å²) in [6.07, 6.45) is 13.8. The standard InChI is InChI=1S/C25H40O2/c1-3-5-6-7-9-19-14-15-22(26)23(19)20-10-12-21(13-11-20)24(27)25(16-4-2)17-8-18-25/h10-13,19,22-24,26-27H,3-9,14-18H2,1-2H3. The minimum atomic E-state index is -0.335. The maximum absolute atomic E-state index is 11.0. The third kappa shape index (κ3) is 4.59. The van der Waals surface area contributed by atoms with E-state index in [1.807, 2.05) is 0 Å². The molecule has 2 aliphatic carbocycles. The summed E-state index contributed by atoms with van der Waals surface area (Å²) >= 11 is 0. The molecule has 2 N–H and O–H groups in total. The molecule has 3 rings (SSSR count). The highest BCUT2D eigenvalue weighted by atomic mass is 16.3. The van der Waals surface area contributed by atoms with Crippen LogP contribution < -0.4 is 0 Å². The third-order valence-corrected chi connectivity index (χ3v) is 7.50. The van der Waals surface area contributed by atoms with Gasteiger partial charge in [0.05, 0.1) is 12.2 Å². The molecule has 1 aromatic rings. The average molecular weight is 373 g/mol. The van der Waals surface area contributed by atoms with Crippen molar-refractivity contribution in [3.63, 3.8) is 0 Å². The Hall–Kier alpha value is -0.860. The molecule has 0 amide bonds. The van der Waals surface area contributed by atoms with E-state index >= 15 is 0 Å². The van der Waals surface area contributed by atoms with Crippen LogP contribution in [-0.2, 0) is 0 Å². The van der Waals surface area contributed by atoms with Crippen LogP contribution in [0, 0.1) is 11.3 Å². The first-order valence-electron chi connectivity index (χ1n) is 11.6. The summed E-state index contributed by atoms with van der Waals surface area (Å²) in [6, 6.07) is 8.65. The monoisotopic (exact) mass is 372 g/mol. The first kappa shape index (κ1) is 20.9. The summed E-state index contributed by atoms with van der Waals surface area (Å²) in [6.45, 7) is 4.48. The van der Waals surface area contributed by atoms with Crippen molar-refractivity contribution in [1.29, 1.82) is 0 Å². The second-order valence-corrected chi connectivity index (χ2v) is 9.32. The van der Waals surface area contributed by atoms with Gasteiger partial charge in [0.2, 0.25) is 0 Å². The topological polar surface area (TPSA) is 40.5 Å². The number of aliphatic hydroxyl groups is 2. The lowest BCUT2D eigenvalue weighted by molar-refractivity contribution is -0.0440. The van der Waals surface area contributed by atoms with E-state index in [2.05, 4.69) is 38.1 Å². The Balaban J connectivity index is 1.66. The largest absolute Gasteiger partial charge is 0.392 e. The molecule has 0 radical (unpaired) electrons. The maximum atomic E-state index is 11.0. The van der Waals surface area contributed by atoms with Gasteiger partial charge in [-0.05, 0) is 55.6 Å². The van der Waals surface area contributed by atoms with Gasteiger partial charge in [-0.1, -0.05) is 76.6 Å². The van der Waals surface area contributed by atoms with Crippen LogP contribution in [0.25, 0.3) is 0 Å². The smallest absolute Gasteiger partial charge is 0.0846 e. The van der Waals surface area contributed by atoms with Crippen LogP contribution in [0.3, 0.4) is 0 Å². The molecule has 0 saturated heterocycles. The van der Waals surface area contributed by atoms with E-state index in [0.717, 1.165) is 44.1 Å². The van der Waals surface area contributed by atoms with Crippen LogP contribution in [0.1, 0.15) is 114 Å². The van der Waals surface area contributed by atoms with Gasteiger partial charge in [-0.15, -0.1) is 0 Å². The number of benzene rings is 1. The first-order valence-corrected chi connectivity index (χ1v) is 11.6. The fourth-order valence-electron chi connectivity index (χ4n) is 5.75. The molecule has 1 aromatic carbocycles. The molecule has 2 fully saturated rings. The molecule has 4 unspecified atom stereocenters. The van der Waals surface area contributed by atoms with Gasteiger partial charge in [0.25, 0.3) is 0 Å². The fourth-order valence-corrected chi connectivity index (χ4v) is 5.75. The molecule has 2 nitrogen and oxygen atoms in total. The van der Waals surface area contributed by atoms with Crippen molar-refractivity contribution in [3.8, 4) is 0 Å². The Morgan fingerprint density at radius 3 is 2.33 bits per heavy atom. The van der Waals surface area contributed by atoms with Crippen LogP contribution in [0.15, 0.2) is 24.3 Å². The molecule has 2 aliphatic rings. The predicted molar refractivity (Wildman–Crippen MR) is 113 cm³/mol. The zero-order chi connectivity index (χ0) is 19.3. The predicted octanol–water partition coefficient (Wildman–Crippen LogP) is 6.52. The van der Waals surface area contributed by atoms with Crippen molar-refractivity contribution < 1.29 is 10.2 Å². The highest BCUT2D eigenvalue weighted by Crippen LogP contribution is 2.53. The Labute approximate surface area is 166 Å². The van der Waals surface area contributed by atoms with E-state index in [1.54, 1.807) is 0 Å². The minimum Gasteiger partial charge on any atom is -0.392 e. The number of rotatable bonds is 10. The Morgan fingerprint density at radius 1 is 1.00 bits per heavy atom. The van der Waals surface area contributed by atoms with E-state index in [4.69, 9.17) is 0 Å². The van der Waals surface area contributed by atoms with E-state index < -0.39 is 0 Å². The quantitative estimate of drug-likeness (QED) is 0.459. The molecule has 2 saturated carbocycles. The molecule has 152 valence electrons. The molecule has 4 atom stereocenters. The maximum Gasteiger partial charge on any atom is 0.0846 e. The molecule has 0 aliphatic heterocycles. The summed E-state index contributed by atoms with van der Waals surface area (Å²) in [4.78, 5) is 0. The van der Waals surface area contributed by atoms with Gasteiger partial charge in [-0.2, -0.15) is 0 Å². The summed E-state index contributed by atoms with van der Waals surface area (Å²) in [5.74, 6) is 0.900. The summed E-state index contributed by atoms with van der Waals surface area (Å²) in [7, 11) is 0. The lowest BCUT2D eigenvalue weighted by Gasteiger charge is -2.46. The van der Waals surface area contributed by atoms with Gasteiger partial charge in [-0.25, -0.2) is 0 Å². The van der Waals surface area contributed by atoms with Crippen LogP contribution >= 0.6 is 0 Å². The second-order valence-electron chi connectivity index (χ2n) is 9.32. The van der Waals surface area contributed by atoms with Gasteiger partial charge < -0.3 is 10.2 Å². The molecular formula is C25H40O2. The number of unbranched alkanes of at least 4 members (excludes halogenated alkanes) is 3. The van der Waals surface area contributed by atoms with Crippen molar-refractivity contribution in [2.75, 3.05) is 0 Å². The van der Waals surface area contributed by atoms with Crippen molar-refractivity contribution in [2.24, 2.45) is 11.3 Å². The van der Waals surface area contributed by atoms with E-state index in [-0.39, 0.29) is 23.5 Å². The SMILES string of the molecule is CCCCCCC1CCC(O)C1c1ccc(C(O)C2(CCC)CCC2)cc1. The lowest BCUT2D eigenvalue weighted by atomic mass is 9.61. The Morgan fingerprint density at radius 2 is 1.74 bits per heavy atom. The van der Waals surface area contributed by atoms with E-state index in [9.17, 15) is 10.2 Å². The fraction of sp³-hybridized carbons (Fsp3) is 0.760. The van der Waals surface area contributed by atoms with Crippen molar-refractivity contribution >= 4 is 0 Å². The molecule has 0 heterocycles. The normalized spacial score (nSPS) is 28.1. The summed E-state index contributed by atoms with van der Waals surface area (Å²) in [5.41, 5.74) is 2.46. The highest BCUT2D eigenvalue weighted by molar-refractivity contribution is 5.30. The van der Waals surface area contributed by atoms with Gasteiger partial charge in [0.15, 0.2) is 0 Å². The van der Waals surface area contributed by atoms with Crippen LogP contribution in [-0.4, -0.2) is 16.3 Å². The minimum absolute atomic E-state index is 0.116. The van der Waals surface area contributed by atoms with Gasteiger partial charge in [0.1, 0.15) is 0 Å². The highest BCUT2D eigenvalue weighted by Gasteiger charge is 2.43. The average Bonchev–Trinajstić information content (AvgIpc) is 3.02. The number of hydrogen-bond acceptors (Lipinski definition) is 2. The molecular weight excluding hydrogens is 332 g/mol. The van der Waals surface area contributed by atoms with Gasteiger partial charge in [0, 0.05) is 11.3 Å². The van der Waals surface area contributed by atoms with Crippen molar-refractivity contribution in [3.05, 3.63) is 35.4 Å². The van der Waals surface area contributed by atoms with E-state index in [1.165, 1.54) is 44.1 Å². The number of hydrogen-bond donors (Lipinski definition) is 2. The van der Waals surface area contributed by atoms with Crippen molar-refractivity contribution in [1.82, 2.24) is 0 Å². The molecule has 0 spiro atoms. The summed E-state index contributed by atoms with van der Waals surface area (Å²) < 4.78 is 0. The molecule has 0 aromatic heterocycles. The van der Waals surface area contributed by atoms with Crippen LogP contribution in [0.4, 0.5) is 0 Å². The van der Waals surface area contributed by atoms with Crippen LogP contribution in [0.2, 0.25) is 0 Å².